The number of halogens is 1. The van der Waals surface area contributed by atoms with Crippen molar-refractivity contribution in [1.29, 1.82) is 0 Å². The molecule has 4 heteroatoms. The Morgan fingerprint density at radius 3 is 2.56 bits per heavy atom. The van der Waals surface area contributed by atoms with Crippen LogP contribution in [-0.4, -0.2) is 18.8 Å². The first-order valence-electron chi connectivity index (χ1n) is 6.40. The molecule has 0 aliphatic heterocycles. The number of nitrogens with two attached hydrogens (primary N) is 1. The zero-order chi connectivity index (χ0) is 13.2. The molecular weight excluding hydrogens is 233 g/mol. The number of phenols is 1. The standard InChI is InChI=1S/C14H20FNO2/c1-18-13-10(5-6-11(17)12(13)15)14(9-16)7-3-2-4-8-14/h5-6,17H,2-4,7-9,16H2,1H3. The Hall–Kier alpha value is -1.29. The second kappa shape index (κ2) is 5.14. The van der Waals surface area contributed by atoms with Gasteiger partial charge in [0.15, 0.2) is 11.5 Å². The van der Waals surface area contributed by atoms with Crippen molar-refractivity contribution in [3.05, 3.63) is 23.5 Å². The van der Waals surface area contributed by atoms with E-state index in [1.54, 1.807) is 6.07 Å². The zero-order valence-corrected chi connectivity index (χ0v) is 10.7. The maximum Gasteiger partial charge on any atom is 0.206 e. The van der Waals surface area contributed by atoms with E-state index >= 15 is 0 Å². The number of methoxy groups -OCH3 is 1. The Morgan fingerprint density at radius 1 is 1.33 bits per heavy atom. The highest BCUT2D eigenvalue weighted by atomic mass is 19.1. The van der Waals surface area contributed by atoms with Gasteiger partial charge < -0.3 is 15.6 Å². The van der Waals surface area contributed by atoms with Crippen LogP contribution in [0.15, 0.2) is 12.1 Å². The van der Waals surface area contributed by atoms with Crippen molar-refractivity contribution in [2.75, 3.05) is 13.7 Å². The van der Waals surface area contributed by atoms with E-state index in [1.165, 1.54) is 19.6 Å². The van der Waals surface area contributed by atoms with Crippen LogP contribution < -0.4 is 10.5 Å². The van der Waals surface area contributed by atoms with Gasteiger partial charge in [0.25, 0.3) is 0 Å². The molecule has 3 N–H and O–H groups in total. The molecule has 0 spiro atoms. The highest BCUT2D eigenvalue weighted by Gasteiger charge is 2.36. The van der Waals surface area contributed by atoms with E-state index in [0.717, 1.165) is 31.2 Å². The summed E-state index contributed by atoms with van der Waals surface area (Å²) in [5, 5.41) is 9.42. The van der Waals surface area contributed by atoms with E-state index < -0.39 is 5.82 Å². The first-order chi connectivity index (χ1) is 8.64. The van der Waals surface area contributed by atoms with Crippen LogP contribution in [0.25, 0.3) is 0 Å². The van der Waals surface area contributed by atoms with Crippen LogP contribution in [0.1, 0.15) is 37.7 Å². The Balaban J connectivity index is 2.51. The van der Waals surface area contributed by atoms with Crippen LogP contribution in [0.2, 0.25) is 0 Å². The average Bonchev–Trinajstić information content (AvgIpc) is 2.42. The lowest BCUT2D eigenvalue weighted by Crippen LogP contribution is -2.37. The Morgan fingerprint density at radius 2 is 2.00 bits per heavy atom. The SMILES string of the molecule is COc1c(C2(CN)CCCCC2)ccc(O)c1F. The number of benzene rings is 1. The summed E-state index contributed by atoms with van der Waals surface area (Å²) in [5.41, 5.74) is 6.53. The summed E-state index contributed by atoms with van der Waals surface area (Å²) in [6.07, 6.45) is 5.30. The quantitative estimate of drug-likeness (QED) is 0.870. The van der Waals surface area contributed by atoms with E-state index in [2.05, 4.69) is 0 Å². The molecule has 0 saturated heterocycles. The second-order valence-corrected chi connectivity index (χ2v) is 5.02. The number of rotatable bonds is 3. The summed E-state index contributed by atoms with van der Waals surface area (Å²) in [5.74, 6) is -0.922. The molecule has 18 heavy (non-hydrogen) atoms. The minimum atomic E-state index is -0.687. The molecule has 0 unspecified atom stereocenters. The maximum absolute atomic E-state index is 13.9. The van der Waals surface area contributed by atoms with Gasteiger partial charge in [0, 0.05) is 17.5 Å². The lowest BCUT2D eigenvalue weighted by molar-refractivity contribution is 0.280. The van der Waals surface area contributed by atoms with Crippen molar-refractivity contribution in [2.45, 2.75) is 37.5 Å². The molecule has 3 nitrogen and oxygen atoms in total. The summed E-state index contributed by atoms with van der Waals surface area (Å²) in [6, 6.07) is 3.13. The van der Waals surface area contributed by atoms with Crippen molar-refractivity contribution < 1.29 is 14.2 Å². The van der Waals surface area contributed by atoms with Crippen molar-refractivity contribution in [3.8, 4) is 11.5 Å². The summed E-state index contributed by atoms with van der Waals surface area (Å²) in [6.45, 7) is 0.480. The third-order valence-corrected chi connectivity index (χ3v) is 4.05. The van der Waals surface area contributed by atoms with E-state index in [0.29, 0.717) is 6.54 Å². The largest absolute Gasteiger partial charge is 0.505 e. The predicted octanol–water partition coefficient (Wildman–Crippen LogP) is 2.70. The molecule has 0 aromatic heterocycles. The van der Waals surface area contributed by atoms with Crippen LogP contribution >= 0.6 is 0 Å². The summed E-state index contributed by atoms with van der Waals surface area (Å²) < 4.78 is 19.1. The summed E-state index contributed by atoms with van der Waals surface area (Å²) in [7, 11) is 1.42. The first kappa shape index (κ1) is 13.1. The molecule has 1 aromatic rings. The van der Waals surface area contributed by atoms with Crippen LogP contribution in [0.5, 0.6) is 11.5 Å². The van der Waals surface area contributed by atoms with E-state index in [4.69, 9.17) is 10.5 Å². The Labute approximate surface area is 107 Å². The molecule has 1 aromatic carbocycles. The number of aromatic hydroxyl groups is 1. The highest BCUT2D eigenvalue weighted by molar-refractivity contribution is 5.46. The molecule has 1 fully saturated rings. The number of phenolic OH excluding ortho intramolecular Hbond substituents is 1. The normalized spacial score (nSPS) is 18.6. The number of ether oxygens (including phenoxy) is 1. The van der Waals surface area contributed by atoms with Gasteiger partial charge in [-0.25, -0.2) is 0 Å². The number of hydrogen-bond donors (Lipinski definition) is 2. The summed E-state index contributed by atoms with van der Waals surface area (Å²) in [4.78, 5) is 0. The fraction of sp³-hybridized carbons (Fsp3) is 0.571. The second-order valence-electron chi connectivity index (χ2n) is 5.02. The van der Waals surface area contributed by atoms with Crippen molar-refractivity contribution in [2.24, 2.45) is 5.73 Å². The van der Waals surface area contributed by atoms with Crippen molar-refractivity contribution in [1.82, 2.24) is 0 Å². The van der Waals surface area contributed by atoms with Crippen LogP contribution in [0, 0.1) is 5.82 Å². The van der Waals surface area contributed by atoms with Crippen LogP contribution in [0.4, 0.5) is 4.39 Å². The lowest BCUT2D eigenvalue weighted by Gasteiger charge is -2.37. The smallest absolute Gasteiger partial charge is 0.206 e. The molecule has 1 saturated carbocycles. The number of hydrogen-bond acceptors (Lipinski definition) is 3. The predicted molar refractivity (Wildman–Crippen MR) is 68.4 cm³/mol. The molecule has 0 radical (unpaired) electrons. The molecule has 1 aliphatic rings. The van der Waals surface area contributed by atoms with Gasteiger partial charge in [-0.15, -0.1) is 0 Å². The van der Waals surface area contributed by atoms with Gasteiger partial charge in [-0.3, -0.25) is 0 Å². The van der Waals surface area contributed by atoms with E-state index in [1.807, 2.05) is 0 Å². The van der Waals surface area contributed by atoms with Crippen molar-refractivity contribution >= 4 is 0 Å². The van der Waals surface area contributed by atoms with Gasteiger partial charge in [0.1, 0.15) is 0 Å². The third kappa shape index (κ3) is 2.05. The topological polar surface area (TPSA) is 55.5 Å². The zero-order valence-electron chi connectivity index (χ0n) is 10.7. The van der Waals surface area contributed by atoms with E-state index in [-0.39, 0.29) is 16.9 Å². The maximum atomic E-state index is 13.9. The van der Waals surface area contributed by atoms with Gasteiger partial charge in [0.05, 0.1) is 7.11 Å². The fourth-order valence-corrected chi connectivity index (χ4v) is 2.97. The summed E-state index contributed by atoms with van der Waals surface area (Å²) >= 11 is 0. The average molecular weight is 253 g/mol. The fourth-order valence-electron chi connectivity index (χ4n) is 2.97. The lowest BCUT2D eigenvalue weighted by atomic mass is 9.69. The van der Waals surface area contributed by atoms with Crippen molar-refractivity contribution in [3.63, 3.8) is 0 Å². The molecular formula is C14H20FNO2. The Kier molecular flexibility index (Phi) is 3.76. The highest BCUT2D eigenvalue weighted by Crippen LogP contribution is 2.44. The molecule has 0 atom stereocenters. The molecule has 0 bridgehead atoms. The third-order valence-electron chi connectivity index (χ3n) is 4.05. The first-order valence-corrected chi connectivity index (χ1v) is 6.40. The van der Waals surface area contributed by atoms with Crippen LogP contribution in [0.3, 0.4) is 0 Å². The molecule has 1 aliphatic carbocycles. The minimum Gasteiger partial charge on any atom is -0.505 e. The minimum absolute atomic E-state index is 0.141. The Bertz CT molecular complexity index is 428. The van der Waals surface area contributed by atoms with Gasteiger partial charge in [-0.2, -0.15) is 4.39 Å². The monoisotopic (exact) mass is 253 g/mol. The molecule has 2 rings (SSSR count). The van der Waals surface area contributed by atoms with Gasteiger partial charge in [-0.1, -0.05) is 25.3 Å². The van der Waals surface area contributed by atoms with E-state index in [9.17, 15) is 9.50 Å². The van der Waals surface area contributed by atoms with Crippen LogP contribution in [-0.2, 0) is 5.41 Å². The molecule has 0 heterocycles. The molecule has 0 amide bonds. The molecule has 100 valence electrons. The van der Waals surface area contributed by atoms with Gasteiger partial charge >= 0.3 is 0 Å². The van der Waals surface area contributed by atoms with Gasteiger partial charge in [0.2, 0.25) is 5.82 Å². The van der Waals surface area contributed by atoms with Gasteiger partial charge in [-0.05, 0) is 18.9 Å².